The molecule has 4 nitrogen and oxygen atoms in total. The number of hydrogen-bond acceptors (Lipinski definition) is 3. The summed E-state index contributed by atoms with van der Waals surface area (Å²) >= 11 is 0. The summed E-state index contributed by atoms with van der Waals surface area (Å²) in [5.74, 6) is -0.154. The van der Waals surface area contributed by atoms with E-state index in [9.17, 15) is 4.79 Å². The fourth-order valence-corrected chi connectivity index (χ4v) is 1.14. The molecule has 0 N–H and O–H groups in total. The van der Waals surface area contributed by atoms with E-state index in [0.29, 0.717) is 12.1 Å². The normalized spacial score (nSPS) is 11.5. The van der Waals surface area contributed by atoms with E-state index in [-0.39, 0.29) is 11.9 Å². The first-order chi connectivity index (χ1) is 7.16. The van der Waals surface area contributed by atoms with Crippen LogP contribution in [-0.4, -0.2) is 28.9 Å². The summed E-state index contributed by atoms with van der Waals surface area (Å²) in [7, 11) is 1.68. The summed E-state index contributed by atoms with van der Waals surface area (Å²) in [5, 5.41) is 8.53. The van der Waals surface area contributed by atoms with Crippen LogP contribution in [0.1, 0.15) is 23.8 Å². The third kappa shape index (κ3) is 2.78. The second-order valence-electron chi connectivity index (χ2n) is 3.34. The first-order valence-electron chi connectivity index (χ1n) is 4.72. The molecule has 0 saturated heterocycles. The minimum absolute atomic E-state index is 0.0930. The fourth-order valence-electron chi connectivity index (χ4n) is 1.14. The summed E-state index contributed by atoms with van der Waals surface area (Å²) in [6.07, 6.45) is 1.91. The number of hydrogen-bond donors (Lipinski definition) is 0. The minimum Gasteiger partial charge on any atom is -0.337 e. The van der Waals surface area contributed by atoms with Crippen molar-refractivity contribution in [2.45, 2.75) is 19.4 Å². The van der Waals surface area contributed by atoms with Gasteiger partial charge in [0.25, 0.3) is 5.91 Å². The molecule has 0 saturated carbocycles. The molecule has 0 bridgehead atoms. The largest absolute Gasteiger partial charge is 0.337 e. The van der Waals surface area contributed by atoms with Crippen molar-refractivity contribution in [2.75, 3.05) is 7.05 Å². The lowest BCUT2D eigenvalue weighted by atomic mass is 10.2. The molecular weight excluding hydrogens is 190 g/mol. The van der Waals surface area contributed by atoms with E-state index in [2.05, 4.69) is 4.98 Å². The van der Waals surface area contributed by atoms with E-state index < -0.39 is 0 Å². The molecule has 15 heavy (non-hydrogen) atoms. The predicted molar refractivity (Wildman–Crippen MR) is 56.0 cm³/mol. The van der Waals surface area contributed by atoms with Crippen LogP contribution >= 0.6 is 0 Å². The van der Waals surface area contributed by atoms with Gasteiger partial charge in [-0.3, -0.25) is 9.78 Å². The number of carbonyl (C=O) groups excluding carboxylic acids is 1. The highest BCUT2D eigenvalue weighted by Crippen LogP contribution is 2.05. The molecule has 0 radical (unpaired) electrons. The van der Waals surface area contributed by atoms with E-state index in [1.54, 1.807) is 31.4 Å². The Hall–Kier alpha value is -1.89. The zero-order valence-corrected chi connectivity index (χ0v) is 8.84. The molecule has 0 aliphatic heterocycles. The molecule has 78 valence electrons. The predicted octanol–water partition coefficient (Wildman–Crippen LogP) is 1.46. The van der Waals surface area contributed by atoms with Gasteiger partial charge in [-0.1, -0.05) is 6.07 Å². The average molecular weight is 203 g/mol. The van der Waals surface area contributed by atoms with E-state index in [1.165, 1.54) is 4.90 Å². The Labute approximate surface area is 89.2 Å². The summed E-state index contributed by atoms with van der Waals surface area (Å²) < 4.78 is 0. The number of rotatable bonds is 3. The molecule has 1 aromatic rings. The molecular formula is C11H13N3O. The van der Waals surface area contributed by atoms with Gasteiger partial charge >= 0.3 is 0 Å². The summed E-state index contributed by atoms with van der Waals surface area (Å²) in [6.45, 7) is 1.84. The van der Waals surface area contributed by atoms with Crippen molar-refractivity contribution in [3.63, 3.8) is 0 Å². The second-order valence-corrected chi connectivity index (χ2v) is 3.34. The third-order valence-corrected chi connectivity index (χ3v) is 2.25. The number of nitriles is 1. The number of pyridine rings is 1. The van der Waals surface area contributed by atoms with Gasteiger partial charge in [0, 0.05) is 19.3 Å². The molecule has 1 amide bonds. The lowest BCUT2D eigenvalue weighted by molar-refractivity contribution is 0.0740. The lowest BCUT2D eigenvalue weighted by Gasteiger charge is -2.22. The van der Waals surface area contributed by atoms with Crippen molar-refractivity contribution in [3.05, 3.63) is 30.1 Å². The smallest absolute Gasteiger partial charge is 0.272 e. The molecule has 1 atom stereocenters. The van der Waals surface area contributed by atoms with Crippen LogP contribution in [0.5, 0.6) is 0 Å². The van der Waals surface area contributed by atoms with Crippen molar-refractivity contribution in [2.24, 2.45) is 0 Å². The van der Waals surface area contributed by atoms with E-state index in [0.717, 1.165) is 0 Å². The fraction of sp³-hybridized carbons (Fsp3) is 0.364. The maximum atomic E-state index is 11.8. The maximum absolute atomic E-state index is 11.8. The van der Waals surface area contributed by atoms with Crippen LogP contribution in [0, 0.1) is 11.3 Å². The van der Waals surface area contributed by atoms with Gasteiger partial charge in [0.05, 0.1) is 12.5 Å². The molecule has 1 unspecified atom stereocenters. The van der Waals surface area contributed by atoms with Gasteiger partial charge in [0.2, 0.25) is 0 Å². The molecule has 0 aliphatic rings. The molecule has 1 aromatic heterocycles. The SMILES string of the molecule is CC(CC#N)N(C)C(=O)c1ccccn1. The van der Waals surface area contributed by atoms with Crippen LogP contribution in [0.4, 0.5) is 0 Å². The van der Waals surface area contributed by atoms with Gasteiger partial charge in [-0.2, -0.15) is 5.26 Å². The molecule has 1 rings (SSSR count). The molecule has 0 spiro atoms. The van der Waals surface area contributed by atoms with Crippen molar-refractivity contribution in [1.82, 2.24) is 9.88 Å². The second kappa shape index (κ2) is 5.11. The quantitative estimate of drug-likeness (QED) is 0.747. The Morgan fingerprint density at radius 3 is 2.93 bits per heavy atom. The number of amides is 1. The van der Waals surface area contributed by atoms with E-state index >= 15 is 0 Å². The van der Waals surface area contributed by atoms with Gasteiger partial charge in [-0.05, 0) is 19.1 Å². The molecule has 1 heterocycles. The van der Waals surface area contributed by atoms with Crippen LogP contribution in [0.3, 0.4) is 0 Å². The van der Waals surface area contributed by atoms with Crippen molar-refractivity contribution < 1.29 is 4.79 Å². The highest BCUT2D eigenvalue weighted by atomic mass is 16.2. The Morgan fingerprint density at radius 2 is 2.40 bits per heavy atom. The Kier molecular flexibility index (Phi) is 3.81. The van der Waals surface area contributed by atoms with Gasteiger partial charge in [0.15, 0.2) is 0 Å². The first-order valence-corrected chi connectivity index (χ1v) is 4.72. The van der Waals surface area contributed by atoms with E-state index in [4.69, 9.17) is 5.26 Å². The average Bonchev–Trinajstić information content (AvgIpc) is 2.28. The zero-order chi connectivity index (χ0) is 11.3. The van der Waals surface area contributed by atoms with Crippen molar-refractivity contribution in [1.29, 1.82) is 5.26 Å². The van der Waals surface area contributed by atoms with Gasteiger partial charge in [-0.25, -0.2) is 0 Å². The third-order valence-electron chi connectivity index (χ3n) is 2.25. The van der Waals surface area contributed by atoms with Gasteiger partial charge in [0.1, 0.15) is 5.69 Å². The van der Waals surface area contributed by atoms with Crippen LogP contribution in [0.2, 0.25) is 0 Å². The van der Waals surface area contributed by atoms with Crippen LogP contribution in [0.25, 0.3) is 0 Å². The topological polar surface area (TPSA) is 57.0 Å². The monoisotopic (exact) mass is 203 g/mol. The summed E-state index contributed by atoms with van der Waals surface area (Å²) in [5.41, 5.74) is 0.407. The Morgan fingerprint density at radius 1 is 1.67 bits per heavy atom. The molecule has 0 aliphatic carbocycles. The minimum atomic E-state index is -0.154. The molecule has 4 heteroatoms. The summed E-state index contributed by atoms with van der Waals surface area (Å²) in [4.78, 5) is 17.3. The number of aromatic nitrogens is 1. The highest BCUT2D eigenvalue weighted by molar-refractivity contribution is 5.92. The molecule has 0 aromatic carbocycles. The van der Waals surface area contributed by atoms with E-state index in [1.807, 2.05) is 13.0 Å². The van der Waals surface area contributed by atoms with Crippen molar-refractivity contribution in [3.8, 4) is 6.07 Å². The van der Waals surface area contributed by atoms with Crippen molar-refractivity contribution >= 4 is 5.91 Å². The Balaban J connectivity index is 2.74. The maximum Gasteiger partial charge on any atom is 0.272 e. The van der Waals surface area contributed by atoms with Gasteiger partial charge < -0.3 is 4.90 Å². The van der Waals surface area contributed by atoms with Crippen LogP contribution in [0.15, 0.2) is 24.4 Å². The Bertz CT molecular complexity index is 369. The van der Waals surface area contributed by atoms with Crippen LogP contribution < -0.4 is 0 Å². The number of nitrogens with zero attached hydrogens (tertiary/aromatic N) is 3. The van der Waals surface area contributed by atoms with Gasteiger partial charge in [-0.15, -0.1) is 0 Å². The molecule has 0 fully saturated rings. The number of carbonyl (C=O) groups is 1. The summed E-state index contributed by atoms with van der Waals surface area (Å²) in [6, 6.07) is 7.14. The van der Waals surface area contributed by atoms with Crippen LogP contribution in [-0.2, 0) is 0 Å². The standard InChI is InChI=1S/C11H13N3O/c1-9(6-7-12)14(2)11(15)10-5-3-4-8-13-10/h3-5,8-9H,6H2,1-2H3. The first kappa shape index (κ1) is 11.2. The highest BCUT2D eigenvalue weighted by Gasteiger charge is 2.17. The lowest BCUT2D eigenvalue weighted by Crippen LogP contribution is -2.35. The zero-order valence-electron chi connectivity index (χ0n) is 8.84.